The van der Waals surface area contributed by atoms with Gasteiger partial charge in [-0.25, -0.2) is 0 Å². The van der Waals surface area contributed by atoms with Crippen molar-refractivity contribution < 1.29 is 4.74 Å². The summed E-state index contributed by atoms with van der Waals surface area (Å²) in [4.78, 5) is 8.66. The summed E-state index contributed by atoms with van der Waals surface area (Å²) >= 11 is 0. The average molecular weight is 280 g/mol. The number of pyridine rings is 2. The van der Waals surface area contributed by atoms with Crippen molar-refractivity contribution in [1.82, 2.24) is 9.97 Å². The Balaban J connectivity index is 1.89. The van der Waals surface area contributed by atoms with Crippen molar-refractivity contribution >= 4 is 28.1 Å². The van der Waals surface area contributed by atoms with Crippen LogP contribution in [0, 0.1) is 0 Å². The highest BCUT2D eigenvalue weighted by molar-refractivity contribution is 5.83. The van der Waals surface area contributed by atoms with Crippen LogP contribution in [0.4, 0.5) is 17.2 Å². The quantitative estimate of drug-likeness (QED) is 0.766. The molecule has 0 unspecified atom stereocenters. The standard InChI is InChI=1S/C16H16N4O/c1-2-21-16-13(17)6-8-15(20-16)19-12-5-7-14-11(10-12)4-3-9-18-14/h3-10H,2,17H2,1H3,(H,19,20). The largest absolute Gasteiger partial charge is 0.476 e. The maximum atomic E-state index is 5.82. The number of ether oxygens (including phenoxy) is 1. The summed E-state index contributed by atoms with van der Waals surface area (Å²) in [5.74, 6) is 1.14. The zero-order valence-electron chi connectivity index (χ0n) is 11.7. The smallest absolute Gasteiger partial charge is 0.239 e. The number of hydrogen-bond acceptors (Lipinski definition) is 5. The lowest BCUT2D eigenvalue weighted by molar-refractivity contribution is 0.329. The fraction of sp³-hybridized carbons (Fsp3) is 0.125. The minimum absolute atomic E-state index is 0.449. The third kappa shape index (κ3) is 2.86. The molecule has 0 spiro atoms. The van der Waals surface area contributed by atoms with Crippen LogP contribution in [0.5, 0.6) is 5.88 Å². The van der Waals surface area contributed by atoms with Crippen molar-refractivity contribution in [3.63, 3.8) is 0 Å². The van der Waals surface area contributed by atoms with E-state index in [-0.39, 0.29) is 0 Å². The molecule has 0 aliphatic carbocycles. The summed E-state index contributed by atoms with van der Waals surface area (Å²) in [5, 5.41) is 4.32. The SMILES string of the molecule is CCOc1nc(Nc2ccc3ncccc3c2)ccc1N. The van der Waals surface area contributed by atoms with Gasteiger partial charge < -0.3 is 15.8 Å². The van der Waals surface area contributed by atoms with Gasteiger partial charge in [-0.2, -0.15) is 4.98 Å². The van der Waals surface area contributed by atoms with E-state index in [1.807, 2.05) is 43.3 Å². The zero-order chi connectivity index (χ0) is 14.7. The second kappa shape index (κ2) is 5.66. The molecule has 5 heteroatoms. The second-order valence-corrected chi connectivity index (χ2v) is 4.56. The molecule has 2 aromatic heterocycles. The molecule has 0 aliphatic rings. The zero-order valence-corrected chi connectivity index (χ0v) is 11.7. The number of fused-ring (bicyclic) bond motifs is 1. The van der Waals surface area contributed by atoms with Gasteiger partial charge in [0.1, 0.15) is 5.82 Å². The minimum Gasteiger partial charge on any atom is -0.476 e. The normalized spacial score (nSPS) is 10.5. The van der Waals surface area contributed by atoms with E-state index in [9.17, 15) is 0 Å². The minimum atomic E-state index is 0.449. The van der Waals surface area contributed by atoms with Gasteiger partial charge in [-0.15, -0.1) is 0 Å². The second-order valence-electron chi connectivity index (χ2n) is 4.56. The topological polar surface area (TPSA) is 73.1 Å². The van der Waals surface area contributed by atoms with E-state index >= 15 is 0 Å². The van der Waals surface area contributed by atoms with Crippen molar-refractivity contribution in [1.29, 1.82) is 0 Å². The molecule has 1 aromatic carbocycles. The highest BCUT2D eigenvalue weighted by Crippen LogP contribution is 2.24. The molecule has 3 aromatic rings. The number of rotatable bonds is 4. The summed E-state index contributed by atoms with van der Waals surface area (Å²) in [6.07, 6.45) is 1.78. The molecule has 3 N–H and O–H groups in total. The molecule has 106 valence electrons. The molecule has 0 atom stereocenters. The van der Waals surface area contributed by atoms with Crippen LogP contribution in [0.1, 0.15) is 6.92 Å². The van der Waals surface area contributed by atoms with Crippen LogP contribution in [0.2, 0.25) is 0 Å². The maximum Gasteiger partial charge on any atom is 0.239 e. The van der Waals surface area contributed by atoms with Crippen molar-refractivity contribution in [2.24, 2.45) is 0 Å². The Hall–Kier alpha value is -2.82. The monoisotopic (exact) mass is 280 g/mol. The molecule has 0 fully saturated rings. The number of hydrogen-bond donors (Lipinski definition) is 2. The third-order valence-corrected chi connectivity index (χ3v) is 3.05. The van der Waals surface area contributed by atoms with Crippen molar-refractivity contribution in [2.75, 3.05) is 17.7 Å². The Labute approximate surface area is 122 Å². The molecule has 0 radical (unpaired) electrons. The Morgan fingerprint density at radius 1 is 1.19 bits per heavy atom. The highest BCUT2D eigenvalue weighted by Gasteiger charge is 2.04. The van der Waals surface area contributed by atoms with Gasteiger partial charge in [0, 0.05) is 17.3 Å². The Kier molecular flexibility index (Phi) is 3.55. The lowest BCUT2D eigenvalue weighted by Gasteiger charge is -2.10. The third-order valence-electron chi connectivity index (χ3n) is 3.05. The summed E-state index contributed by atoms with van der Waals surface area (Å²) in [6, 6.07) is 13.5. The van der Waals surface area contributed by atoms with Crippen LogP contribution in [-0.4, -0.2) is 16.6 Å². The Bertz CT molecular complexity index is 773. The summed E-state index contributed by atoms with van der Waals surface area (Å²) in [6.45, 7) is 2.43. The predicted molar refractivity (Wildman–Crippen MR) is 84.8 cm³/mol. The first-order chi connectivity index (χ1) is 10.3. The molecular weight excluding hydrogens is 264 g/mol. The highest BCUT2D eigenvalue weighted by atomic mass is 16.5. The number of nitrogens with two attached hydrogens (primary N) is 1. The molecular formula is C16H16N4O. The van der Waals surface area contributed by atoms with E-state index in [1.54, 1.807) is 12.3 Å². The van der Waals surface area contributed by atoms with E-state index in [0.717, 1.165) is 16.6 Å². The number of nitrogens with zero attached hydrogens (tertiary/aromatic N) is 2. The van der Waals surface area contributed by atoms with E-state index < -0.39 is 0 Å². The molecule has 5 nitrogen and oxygen atoms in total. The molecule has 3 rings (SSSR count). The Morgan fingerprint density at radius 3 is 2.95 bits per heavy atom. The summed E-state index contributed by atoms with van der Waals surface area (Å²) < 4.78 is 5.40. The lowest BCUT2D eigenvalue weighted by atomic mass is 10.2. The maximum absolute atomic E-state index is 5.82. The van der Waals surface area contributed by atoms with Crippen LogP contribution in [-0.2, 0) is 0 Å². The lowest BCUT2D eigenvalue weighted by Crippen LogP contribution is -2.02. The van der Waals surface area contributed by atoms with Crippen LogP contribution in [0.25, 0.3) is 10.9 Å². The number of nitrogen functional groups attached to an aromatic ring is 1. The fourth-order valence-electron chi connectivity index (χ4n) is 2.07. The van der Waals surface area contributed by atoms with Crippen LogP contribution in [0.3, 0.4) is 0 Å². The van der Waals surface area contributed by atoms with Crippen LogP contribution in [0.15, 0.2) is 48.7 Å². The van der Waals surface area contributed by atoms with E-state index in [4.69, 9.17) is 10.5 Å². The number of nitrogens with one attached hydrogen (secondary N) is 1. The molecule has 0 amide bonds. The van der Waals surface area contributed by atoms with Gasteiger partial charge in [-0.05, 0) is 43.3 Å². The molecule has 0 saturated heterocycles. The summed E-state index contributed by atoms with van der Waals surface area (Å²) in [5.41, 5.74) is 8.25. The van der Waals surface area contributed by atoms with E-state index in [0.29, 0.717) is 24.0 Å². The Morgan fingerprint density at radius 2 is 2.10 bits per heavy atom. The van der Waals surface area contributed by atoms with Gasteiger partial charge in [0.05, 0.1) is 17.8 Å². The van der Waals surface area contributed by atoms with Gasteiger partial charge in [0.15, 0.2) is 0 Å². The van der Waals surface area contributed by atoms with Crippen LogP contribution >= 0.6 is 0 Å². The molecule has 21 heavy (non-hydrogen) atoms. The van der Waals surface area contributed by atoms with Crippen molar-refractivity contribution in [3.8, 4) is 5.88 Å². The van der Waals surface area contributed by atoms with E-state index in [1.165, 1.54) is 0 Å². The first-order valence-electron chi connectivity index (χ1n) is 6.77. The number of anilines is 3. The van der Waals surface area contributed by atoms with Gasteiger partial charge >= 0.3 is 0 Å². The first kappa shape index (κ1) is 13.2. The number of benzene rings is 1. The molecule has 0 aliphatic heterocycles. The first-order valence-corrected chi connectivity index (χ1v) is 6.77. The molecule has 0 bridgehead atoms. The van der Waals surface area contributed by atoms with Crippen LogP contribution < -0.4 is 15.8 Å². The molecule has 0 saturated carbocycles. The average Bonchev–Trinajstić information content (AvgIpc) is 2.51. The van der Waals surface area contributed by atoms with Gasteiger partial charge in [-0.3, -0.25) is 4.98 Å². The van der Waals surface area contributed by atoms with Gasteiger partial charge in [0.2, 0.25) is 5.88 Å². The van der Waals surface area contributed by atoms with Crippen molar-refractivity contribution in [2.45, 2.75) is 6.92 Å². The predicted octanol–water partition coefficient (Wildman–Crippen LogP) is 3.35. The van der Waals surface area contributed by atoms with Gasteiger partial charge in [0.25, 0.3) is 0 Å². The number of aromatic nitrogens is 2. The van der Waals surface area contributed by atoms with Crippen molar-refractivity contribution in [3.05, 3.63) is 48.7 Å². The molecule has 2 heterocycles. The van der Waals surface area contributed by atoms with E-state index in [2.05, 4.69) is 15.3 Å². The summed E-state index contributed by atoms with van der Waals surface area (Å²) in [7, 11) is 0. The van der Waals surface area contributed by atoms with Gasteiger partial charge in [-0.1, -0.05) is 6.07 Å². The fourth-order valence-corrected chi connectivity index (χ4v) is 2.07.